The lowest BCUT2D eigenvalue weighted by Gasteiger charge is -2.11. The van der Waals surface area contributed by atoms with E-state index in [-0.39, 0.29) is 5.56 Å². The first-order chi connectivity index (χ1) is 8.30. The topological polar surface area (TPSA) is 60.2 Å². The molecule has 1 fully saturated rings. The number of halogens is 3. The Morgan fingerprint density at radius 2 is 1.94 bits per heavy atom. The number of alkyl halides is 3. The van der Waals surface area contributed by atoms with E-state index in [0.717, 1.165) is 12.1 Å². The van der Waals surface area contributed by atoms with Crippen LogP contribution in [0.2, 0.25) is 0 Å². The molecular weight excluding hydrogens is 251 g/mol. The lowest BCUT2D eigenvalue weighted by atomic mass is 9.94. The highest BCUT2D eigenvalue weighted by molar-refractivity contribution is 5.76. The van der Waals surface area contributed by atoms with Gasteiger partial charge in [0.25, 0.3) is 5.69 Å². The van der Waals surface area contributed by atoms with Crippen LogP contribution in [0.15, 0.2) is 18.2 Å². The highest BCUT2D eigenvalue weighted by atomic mass is 19.4. The van der Waals surface area contributed by atoms with Crippen molar-refractivity contribution in [3.05, 3.63) is 39.4 Å². The molecule has 1 saturated carbocycles. The van der Waals surface area contributed by atoms with Crippen molar-refractivity contribution in [2.24, 2.45) is 0 Å². The molecule has 1 aromatic carbocycles. The largest absolute Gasteiger partial charge is 0.416 e. The molecule has 1 aliphatic carbocycles. The minimum atomic E-state index is -4.64. The van der Waals surface area contributed by atoms with E-state index in [1.165, 1.54) is 0 Å². The van der Waals surface area contributed by atoms with Crippen molar-refractivity contribution in [1.29, 1.82) is 0 Å². The zero-order valence-corrected chi connectivity index (χ0v) is 9.03. The summed E-state index contributed by atoms with van der Waals surface area (Å²) in [5.74, 6) is 0. The van der Waals surface area contributed by atoms with Crippen molar-refractivity contribution in [3.8, 4) is 0 Å². The Hall–Kier alpha value is -1.92. The van der Waals surface area contributed by atoms with Crippen LogP contribution in [0, 0.1) is 10.1 Å². The molecule has 1 aliphatic rings. The quantitative estimate of drug-likeness (QED) is 0.476. The zero-order chi connectivity index (χ0) is 13.6. The number of hydrogen-bond acceptors (Lipinski definition) is 3. The number of carbonyl (C=O) groups excluding carboxylic acids is 1. The summed E-state index contributed by atoms with van der Waals surface area (Å²) in [6, 6.07) is 2.28. The van der Waals surface area contributed by atoms with E-state index in [0.29, 0.717) is 25.2 Å². The van der Waals surface area contributed by atoms with Crippen LogP contribution in [0.3, 0.4) is 0 Å². The summed E-state index contributed by atoms with van der Waals surface area (Å²) in [6.07, 6.45) is -3.20. The molecular formula is C11H8F3NO3. The van der Waals surface area contributed by atoms with Crippen LogP contribution >= 0.6 is 0 Å². The number of nitro groups is 1. The smallest absolute Gasteiger partial charge is 0.302 e. The maximum atomic E-state index is 12.5. The zero-order valence-electron chi connectivity index (χ0n) is 9.03. The number of carbonyl (C=O) groups is 1. The summed E-state index contributed by atoms with van der Waals surface area (Å²) >= 11 is 0. The van der Waals surface area contributed by atoms with E-state index in [1.807, 2.05) is 0 Å². The number of nitro benzene ring substituents is 1. The van der Waals surface area contributed by atoms with Crippen LogP contribution in [-0.2, 0) is 16.4 Å². The van der Waals surface area contributed by atoms with Crippen LogP contribution in [0.25, 0.3) is 0 Å². The van der Waals surface area contributed by atoms with E-state index in [4.69, 9.17) is 0 Å². The first kappa shape index (κ1) is 12.5. The van der Waals surface area contributed by atoms with Crippen molar-refractivity contribution in [2.75, 3.05) is 0 Å². The second-order valence-corrected chi connectivity index (χ2v) is 4.26. The number of nitrogens with zero attached hydrogens (tertiary/aromatic N) is 1. The molecule has 0 spiro atoms. The molecule has 0 aliphatic heterocycles. The Labute approximate surface area is 99.6 Å². The molecule has 0 saturated heterocycles. The third-order valence-electron chi connectivity index (χ3n) is 3.07. The molecule has 0 bridgehead atoms. The average molecular weight is 259 g/mol. The lowest BCUT2D eigenvalue weighted by Crippen LogP contribution is -2.13. The second kappa shape index (κ2) is 3.79. The predicted octanol–water partition coefficient (Wildman–Crippen LogP) is 2.84. The van der Waals surface area contributed by atoms with Crippen LogP contribution in [0.4, 0.5) is 18.9 Å². The van der Waals surface area contributed by atoms with Crippen molar-refractivity contribution < 1.29 is 22.9 Å². The van der Waals surface area contributed by atoms with Gasteiger partial charge >= 0.3 is 6.18 Å². The third kappa shape index (κ3) is 1.96. The Balaban J connectivity index is 2.56. The minimum Gasteiger partial charge on any atom is -0.302 e. The number of aldehydes is 1. The molecule has 0 atom stereocenters. The molecule has 1 aromatic rings. The summed E-state index contributed by atoms with van der Waals surface area (Å²) in [5, 5.41) is 10.8. The fraction of sp³-hybridized carbons (Fsp3) is 0.364. The third-order valence-corrected chi connectivity index (χ3v) is 3.07. The standard InChI is InChI=1S/C11H8F3NO3/c12-11(13,14)7-1-2-8(9(5-7)15(17)18)10(6-16)3-4-10/h1-2,5-6H,3-4H2. The van der Waals surface area contributed by atoms with Crippen LogP contribution in [0.5, 0.6) is 0 Å². The Morgan fingerprint density at radius 3 is 2.33 bits per heavy atom. The molecule has 0 heterocycles. The van der Waals surface area contributed by atoms with E-state index in [9.17, 15) is 28.1 Å². The maximum Gasteiger partial charge on any atom is 0.416 e. The van der Waals surface area contributed by atoms with E-state index < -0.39 is 27.8 Å². The molecule has 96 valence electrons. The first-order valence-corrected chi connectivity index (χ1v) is 5.13. The lowest BCUT2D eigenvalue weighted by molar-refractivity contribution is -0.386. The van der Waals surface area contributed by atoms with Crippen LogP contribution in [-0.4, -0.2) is 11.2 Å². The van der Waals surface area contributed by atoms with Gasteiger partial charge in [-0.1, -0.05) is 6.07 Å². The summed E-state index contributed by atoms with van der Waals surface area (Å²) in [7, 11) is 0. The van der Waals surface area contributed by atoms with Gasteiger partial charge in [-0.3, -0.25) is 10.1 Å². The van der Waals surface area contributed by atoms with Crippen molar-refractivity contribution in [1.82, 2.24) is 0 Å². The average Bonchev–Trinajstić information content (AvgIpc) is 3.07. The van der Waals surface area contributed by atoms with Gasteiger partial charge in [0.2, 0.25) is 0 Å². The molecule has 2 rings (SSSR count). The van der Waals surface area contributed by atoms with Crippen molar-refractivity contribution in [3.63, 3.8) is 0 Å². The Kier molecular flexibility index (Phi) is 2.64. The van der Waals surface area contributed by atoms with Gasteiger partial charge in [-0.2, -0.15) is 13.2 Å². The normalized spacial score (nSPS) is 17.3. The van der Waals surface area contributed by atoms with E-state index >= 15 is 0 Å². The highest BCUT2D eigenvalue weighted by Crippen LogP contribution is 2.50. The Morgan fingerprint density at radius 1 is 1.33 bits per heavy atom. The molecule has 0 aromatic heterocycles. The fourth-order valence-electron chi connectivity index (χ4n) is 1.87. The molecule has 4 nitrogen and oxygen atoms in total. The molecule has 0 N–H and O–H groups in total. The molecule has 7 heteroatoms. The van der Waals surface area contributed by atoms with Gasteiger partial charge in [-0.25, -0.2) is 0 Å². The summed E-state index contributed by atoms with van der Waals surface area (Å²) in [5.41, 5.74) is -2.63. The number of benzene rings is 1. The SMILES string of the molecule is O=CC1(c2ccc(C(F)(F)F)cc2[N+](=O)[O-])CC1. The maximum absolute atomic E-state index is 12.5. The summed E-state index contributed by atoms with van der Waals surface area (Å²) in [4.78, 5) is 20.8. The van der Waals surface area contributed by atoms with Gasteiger partial charge in [0.05, 0.1) is 15.9 Å². The molecule has 0 radical (unpaired) electrons. The van der Waals surface area contributed by atoms with Gasteiger partial charge in [0.15, 0.2) is 0 Å². The summed E-state index contributed by atoms with van der Waals surface area (Å²) in [6.45, 7) is 0. The number of rotatable bonds is 3. The van der Waals surface area contributed by atoms with Crippen LogP contribution < -0.4 is 0 Å². The van der Waals surface area contributed by atoms with Crippen LogP contribution in [0.1, 0.15) is 24.0 Å². The van der Waals surface area contributed by atoms with Gasteiger partial charge in [0, 0.05) is 11.6 Å². The molecule has 0 unspecified atom stereocenters. The highest BCUT2D eigenvalue weighted by Gasteiger charge is 2.48. The Bertz CT molecular complexity index is 521. The minimum absolute atomic E-state index is 0.0653. The molecule has 0 amide bonds. The molecule has 18 heavy (non-hydrogen) atoms. The van der Waals surface area contributed by atoms with Crippen molar-refractivity contribution in [2.45, 2.75) is 24.4 Å². The van der Waals surface area contributed by atoms with Gasteiger partial charge in [-0.15, -0.1) is 0 Å². The first-order valence-electron chi connectivity index (χ1n) is 5.13. The van der Waals surface area contributed by atoms with E-state index in [1.54, 1.807) is 0 Å². The number of hydrogen-bond donors (Lipinski definition) is 0. The predicted molar refractivity (Wildman–Crippen MR) is 55.1 cm³/mol. The summed E-state index contributed by atoms with van der Waals surface area (Å²) < 4.78 is 37.4. The van der Waals surface area contributed by atoms with Gasteiger partial charge in [-0.05, 0) is 18.9 Å². The van der Waals surface area contributed by atoms with Gasteiger partial charge < -0.3 is 4.79 Å². The van der Waals surface area contributed by atoms with E-state index in [2.05, 4.69) is 0 Å². The monoisotopic (exact) mass is 259 g/mol. The fourth-order valence-corrected chi connectivity index (χ4v) is 1.87. The van der Waals surface area contributed by atoms with Gasteiger partial charge in [0.1, 0.15) is 6.29 Å². The van der Waals surface area contributed by atoms with Crippen molar-refractivity contribution >= 4 is 12.0 Å². The second-order valence-electron chi connectivity index (χ2n) is 4.26.